The van der Waals surface area contributed by atoms with Crippen molar-refractivity contribution in [2.24, 2.45) is 0 Å². The van der Waals surface area contributed by atoms with Crippen molar-refractivity contribution in [1.29, 1.82) is 0 Å². The molecule has 0 aromatic rings. The minimum absolute atomic E-state index is 0.709. The summed E-state index contributed by atoms with van der Waals surface area (Å²) in [5.41, 5.74) is 1.22. The van der Waals surface area contributed by atoms with E-state index in [0.717, 1.165) is 0 Å². The van der Waals surface area contributed by atoms with E-state index in [1.165, 1.54) is 5.57 Å². The van der Waals surface area contributed by atoms with E-state index < -0.39 is 0 Å². The molecule has 52 valence electrons. The fourth-order valence-electron chi connectivity index (χ4n) is 0.608. The highest BCUT2D eigenvalue weighted by atomic mass is 16.5. The van der Waals surface area contributed by atoms with Crippen LogP contribution in [0.2, 0.25) is 0 Å². The monoisotopic (exact) mass is 126 g/mol. The van der Waals surface area contributed by atoms with Gasteiger partial charge < -0.3 is 4.74 Å². The van der Waals surface area contributed by atoms with Crippen molar-refractivity contribution >= 4 is 0 Å². The first-order valence-electron chi connectivity index (χ1n) is 3.12. The molecule has 0 bridgehead atoms. The van der Waals surface area contributed by atoms with E-state index in [0.29, 0.717) is 6.61 Å². The van der Waals surface area contributed by atoms with Crippen LogP contribution in [0.5, 0.6) is 0 Å². The zero-order valence-electron chi connectivity index (χ0n) is 6.35. The van der Waals surface area contributed by atoms with E-state index in [4.69, 9.17) is 4.74 Å². The van der Waals surface area contributed by atoms with Crippen LogP contribution in [-0.4, -0.2) is 13.7 Å². The molecule has 9 heavy (non-hydrogen) atoms. The van der Waals surface area contributed by atoms with Gasteiger partial charge in [0.1, 0.15) is 0 Å². The summed E-state index contributed by atoms with van der Waals surface area (Å²) in [5, 5.41) is 0. The summed E-state index contributed by atoms with van der Waals surface area (Å²) in [4.78, 5) is 0. The standard InChI is InChI=1S/C8H14O/c1-4-6-8(5-2)7-9-3/h4-6H,7H2,1-3H3/b6-4-,8-5+. The summed E-state index contributed by atoms with van der Waals surface area (Å²) < 4.78 is 4.93. The van der Waals surface area contributed by atoms with Gasteiger partial charge in [0.15, 0.2) is 0 Å². The Morgan fingerprint density at radius 1 is 1.44 bits per heavy atom. The minimum Gasteiger partial charge on any atom is -0.380 e. The lowest BCUT2D eigenvalue weighted by atomic mass is 10.2. The Balaban J connectivity index is 3.70. The highest BCUT2D eigenvalue weighted by Gasteiger charge is 1.84. The van der Waals surface area contributed by atoms with Crippen LogP contribution in [0, 0.1) is 0 Å². The van der Waals surface area contributed by atoms with Crippen LogP contribution in [0.4, 0.5) is 0 Å². The highest BCUT2D eigenvalue weighted by molar-refractivity contribution is 5.17. The zero-order chi connectivity index (χ0) is 7.11. The molecule has 0 aromatic heterocycles. The lowest BCUT2D eigenvalue weighted by molar-refractivity contribution is 0.228. The zero-order valence-corrected chi connectivity index (χ0v) is 6.35. The van der Waals surface area contributed by atoms with Crippen molar-refractivity contribution in [3.63, 3.8) is 0 Å². The average Bonchev–Trinajstić information content (AvgIpc) is 1.88. The lowest BCUT2D eigenvalue weighted by Gasteiger charge is -1.96. The molecule has 0 N–H and O–H groups in total. The van der Waals surface area contributed by atoms with E-state index in [9.17, 15) is 0 Å². The Morgan fingerprint density at radius 2 is 2.11 bits per heavy atom. The maximum Gasteiger partial charge on any atom is 0.0709 e. The lowest BCUT2D eigenvalue weighted by Crippen LogP contribution is -1.89. The number of allylic oxidation sites excluding steroid dienone is 2. The van der Waals surface area contributed by atoms with E-state index in [2.05, 4.69) is 0 Å². The Kier molecular flexibility index (Phi) is 5.23. The van der Waals surface area contributed by atoms with Crippen molar-refractivity contribution < 1.29 is 4.74 Å². The predicted octanol–water partition coefficient (Wildman–Crippen LogP) is 2.16. The van der Waals surface area contributed by atoms with Gasteiger partial charge in [0.25, 0.3) is 0 Å². The molecule has 0 fully saturated rings. The van der Waals surface area contributed by atoms with Crippen LogP contribution in [0.15, 0.2) is 23.8 Å². The van der Waals surface area contributed by atoms with Gasteiger partial charge in [0.2, 0.25) is 0 Å². The third-order valence-corrected chi connectivity index (χ3v) is 1.06. The highest BCUT2D eigenvalue weighted by Crippen LogP contribution is 1.95. The van der Waals surface area contributed by atoms with Crippen LogP contribution in [0.1, 0.15) is 13.8 Å². The Morgan fingerprint density at radius 3 is 2.44 bits per heavy atom. The molecular formula is C8H14O. The van der Waals surface area contributed by atoms with E-state index in [1.807, 2.05) is 32.1 Å². The molecule has 1 nitrogen and oxygen atoms in total. The van der Waals surface area contributed by atoms with Crippen LogP contribution in [-0.2, 0) is 4.74 Å². The van der Waals surface area contributed by atoms with Crippen molar-refractivity contribution in [3.8, 4) is 0 Å². The summed E-state index contributed by atoms with van der Waals surface area (Å²) in [6.45, 7) is 4.72. The van der Waals surface area contributed by atoms with Crippen LogP contribution in [0.25, 0.3) is 0 Å². The fraction of sp³-hybridized carbons (Fsp3) is 0.500. The van der Waals surface area contributed by atoms with Gasteiger partial charge in [-0.2, -0.15) is 0 Å². The fourth-order valence-corrected chi connectivity index (χ4v) is 0.608. The first-order valence-corrected chi connectivity index (χ1v) is 3.12. The largest absolute Gasteiger partial charge is 0.380 e. The number of methoxy groups -OCH3 is 1. The molecule has 0 rings (SSSR count). The summed E-state index contributed by atoms with van der Waals surface area (Å²) in [6.07, 6.45) is 6.10. The van der Waals surface area contributed by atoms with Crippen LogP contribution < -0.4 is 0 Å². The van der Waals surface area contributed by atoms with Gasteiger partial charge in [-0.3, -0.25) is 0 Å². The minimum atomic E-state index is 0.709. The first kappa shape index (κ1) is 8.44. The molecule has 0 unspecified atom stereocenters. The molecular weight excluding hydrogens is 112 g/mol. The maximum absolute atomic E-state index is 4.93. The second-order valence-corrected chi connectivity index (χ2v) is 1.80. The van der Waals surface area contributed by atoms with Gasteiger partial charge in [-0.1, -0.05) is 18.2 Å². The van der Waals surface area contributed by atoms with Crippen LogP contribution >= 0.6 is 0 Å². The maximum atomic E-state index is 4.93. The molecule has 0 spiro atoms. The molecule has 0 radical (unpaired) electrons. The Labute approximate surface area is 57.0 Å². The Bertz CT molecular complexity index is 112. The van der Waals surface area contributed by atoms with Crippen LogP contribution in [0.3, 0.4) is 0 Å². The molecule has 0 aliphatic heterocycles. The number of hydrogen-bond donors (Lipinski definition) is 0. The van der Waals surface area contributed by atoms with E-state index >= 15 is 0 Å². The summed E-state index contributed by atoms with van der Waals surface area (Å²) in [6, 6.07) is 0. The first-order chi connectivity index (χ1) is 4.35. The van der Waals surface area contributed by atoms with Crippen molar-refractivity contribution in [2.75, 3.05) is 13.7 Å². The second-order valence-electron chi connectivity index (χ2n) is 1.80. The molecule has 0 saturated heterocycles. The molecule has 0 aliphatic carbocycles. The Hall–Kier alpha value is -0.560. The van der Waals surface area contributed by atoms with E-state index in [-0.39, 0.29) is 0 Å². The quantitative estimate of drug-likeness (QED) is 0.526. The molecule has 0 saturated carbocycles. The van der Waals surface area contributed by atoms with Gasteiger partial charge >= 0.3 is 0 Å². The predicted molar refractivity (Wildman–Crippen MR) is 40.4 cm³/mol. The molecule has 0 aliphatic rings. The third kappa shape index (κ3) is 3.98. The van der Waals surface area contributed by atoms with E-state index in [1.54, 1.807) is 7.11 Å². The second kappa shape index (κ2) is 5.57. The molecule has 0 heterocycles. The van der Waals surface area contributed by atoms with Gasteiger partial charge in [-0.05, 0) is 19.4 Å². The normalized spacial score (nSPS) is 13.0. The number of ether oxygens (including phenoxy) is 1. The van der Waals surface area contributed by atoms with Gasteiger partial charge in [-0.25, -0.2) is 0 Å². The third-order valence-electron chi connectivity index (χ3n) is 1.06. The molecule has 1 heteroatoms. The van der Waals surface area contributed by atoms with Gasteiger partial charge in [0, 0.05) is 7.11 Å². The topological polar surface area (TPSA) is 9.23 Å². The molecule has 0 atom stereocenters. The number of rotatable bonds is 3. The number of hydrogen-bond acceptors (Lipinski definition) is 1. The van der Waals surface area contributed by atoms with Gasteiger partial charge in [-0.15, -0.1) is 0 Å². The van der Waals surface area contributed by atoms with Gasteiger partial charge in [0.05, 0.1) is 6.61 Å². The molecule has 0 aromatic carbocycles. The molecule has 0 amide bonds. The van der Waals surface area contributed by atoms with Crippen molar-refractivity contribution in [3.05, 3.63) is 23.8 Å². The van der Waals surface area contributed by atoms with Crippen molar-refractivity contribution in [1.82, 2.24) is 0 Å². The smallest absolute Gasteiger partial charge is 0.0709 e. The summed E-state index contributed by atoms with van der Waals surface area (Å²) >= 11 is 0. The van der Waals surface area contributed by atoms with Crippen molar-refractivity contribution in [2.45, 2.75) is 13.8 Å². The summed E-state index contributed by atoms with van der Waals surface area (Å²) in [5.74, 6) is 0. The average molecular weight is 126 g/mol. The summed E-state index contributed by atoms with van der Waals surface area (Å²) in [7, 11) is 1.70. The SMILES string of the molecule is C/C=C\C(=C/C)COC.